The van der Waals surface area contributed by atoms with Gasteiger partial charge in [0.25, 0.3) is 0 Å². The smallest absolute Gasteiger partial charge is 0.336 e. The number of para-hydroxylation sites is 1. The van der Waals surface area contributed by atoms with Crippen LogP contribution >= 0.6 is 39.1 Å². The van der Waals surface area contributed by atoms with E-state index in [2.05, 4.69) is 15.9 Å². The van der Waals surface area contributed by atoms with Crippen LogP contribution in [0.4, 0.5) is 0 Å². The van der Waals surface area contributed by atoms with E-state index in [1.807, 2.05) is 6.07 Å². The fourth-order valence-electron chi connectivity index (χ4n) is 2.80. The third-order valence-corrected chi connectivity index (χ3v) is 5.74. The third-order valence-electron chi connectivity index (χ3n) is 4.34. The molecule has 0 bridgehead atoms. The highest BCUT2D eigenvalue weighted by Crippen LogP contribution is 2.29. The molecule has 0 fully saturated rings. The van der Waals surface area contributed by atoms with E-state index in [-0.39, 0.29) is 22.5 Å². The van der Waals surface area contributed by atoms with E-state index >= 15 is 0 Å². The second-order valence-electron chi connectivity index (χ2n) is 6.55. The first-order chi connectivity index (χ1) is 15.4. The second kappa shape index (κ2) is 9.61. The fourth-order valence-corrected chi connectivity index (χ4v) is 3.47. The van der Waals surface area contributed by atoms with Crippen LogP contribution in [0.15, 0.2) is 86.7 Å². The van der Waals surface area contributed by atoms with Crippen LogP contribution in [0.1, 0.15) is 5.56 Å². The van der Waals surface area contributed by atoms with E-state index in [1.54, 1.807) is 42.5 Å². The molecule has 0 saturated heterocycles. The van der Waals surface area contributed by atoms with Crippen LogP contribution < -0.4 is 14.9 Å². The van der Waals surface area contributed by atoms with Gasteiger partial charge in [-0.3, -0.25) is 4.79 Å². The molecular weight excluding hydrogens is 519 g/mol. The Balaban J connectivity index is 1.51. The van der Waals surface area contributed by atoms with Crippen molar-refractivity contribution in [3.63, 3.8) is 0 Å². The molecule has 0 radical (unpaired) electrons. The molecule has 3 aromatic carbocycles. The average molecular weight is 532 g/mol. The van der Waals surface area contributed by atoms with E-state index < -0.39 is 5.97 Å². The molecule has 0 N–H and O–H groups in total. The van der Waals surface area contributed by atoms with Gasteiger partial charge in [-0.05, 0) is 64.0 Å². The maximum absolute atomic E-state index is 12.7. The van der Waals surface area contributed by atoms with Crippen molar-refractivity contribution in [1.82, 2.24) is 0 Å². The summed E-state index contributed by atoms with van der Waals surface area (Å²) in [5, 5.41) is 1.10. The highest BCUT2D eigenvalue weighted by Gasteiger charge is 2.12. The SMILES string of the molecule is O=C(C=Cc1ccc(Cl)c(Cl)c1)Oc1ccc2c(=O)c(Oc3ccccc3Br)coc2c1. The van der Waals surface area contributed by atoms with Crippen molar-refractivity contribution in [1.29, 1.82) is 0 Å². The molecule has 5 nitrogen and oxygen atoms in total. The molecule has 0 atom stereocenters. The van der Waals surface area contributed by atoms with Gasteiger partial charge in [-0.25, -0.2) is 4.79 Å². The Morgan fingerprint density at radius 3 is 2.56 bits per heavy atom. The maximum Gasteiger partial charge on any atom is 0.336 e. The Hall–Kier alpha value is -3.06. The summed E-state index contributed by atoms with van der Waals surface area (Å²) in [5.74, 6) is 0.146. The lowest BCUT2D eigenvalue weighted by Crippen LogP contribution is -2.06. The highest BCUT2D eigenvalue weighted by molar-refractivity contribution is 9.10. The number of rotatable bonds is 5. The molecule has 32 heavy (non-hydrogen) atoms. The molecule has 4 aromatic rings. The third kappa shape index (κ3) is 5.05. The summed E-state index contributed by atoms with van der Waals surface area (Å²) in [6.45, 7) is 0. The summed E-state index contributed by atoms with van der Waals surface area (Å²) in [6, 6.07) is 16.6. The topological polar surface area (TPSA) is 65.7 Å². The van der Waals surface area contributed by atoms with Crippen LogP contribution in [0.3, 0.4) is 0 Å². The van der Waals surface area contributed by atoms with Gasteiger partial charge >= 0.3 is 5.97 Å². The molecule has 1 heterocycles. The summed E-state index contributed by atoms with van der Waals surface area (Å²) < 4.78 is 17.2. The van der Waals surface area contributed by atoms with Crippen LogP contribution in [-0.2, 0) is 4.79 Å². The lowest BCUT2D eigenvalue weighted by atomic mass is 10.2. The van der Waals surface area contributed by atoms with Gasteiger partial charge in [0.1, 0.15) is 23.3 Å². The molecule has 160 valence electrons. The first-order valence-electron chi connectivity index (χ1n) is 9.23. The number of carbonyl (C=O) groups is 1. The lowest BCUT2D eigenvalue weighted by molar-refractivity contribution is -0.128. The van der Waals surface area contributed by atoms with Gasteiger partial charge in [0.05, 0.1) is 19.9 Å². The number of ether oxygens (including phenoxy) is 2. The predicted molar refractivity (Wildman–Crippen MR) is 128 cm³/mol. The molecule has 0 spiro atoms. The Labute approximate surface area is 200 Å². The Morgan fingerprint density at radius 1 is 0.969 bits per heavy atom. The minimum atomic E-state index is -0.605. The van der Waals surface area contributed by atoms with E-state index in [0.717, 1.165) is 0 Å². The molecular formula is C24H13BrCl2O5. The van der Waals surface area contributed by atoms with E-state index in [1.165, 1.54) is 30.5 Å². The molecule has 0 aliphatic carbocycles. The van der Waals surface area contributed by atoms with Gasteiger partial charge in [-0.1, -0.05) is 41.4 Å². The largest absolute Gasteiger partial charge is 0.460 e. The number of benzene rings is 3. The lowest BCUT2D eigenvalue weighted by Gasteiger charge is -2.08. The number of carbonyl (C=O) groups excluding carboxylic acids is 1. The van der Waals surface area contributed by atoms with Crippen LogP contribution in [0.5, 0.6) is 17.2 Å². The second-order valence-corrected chi connectivity index (χ2v) is 8.22. The highest BCUT2D eigenvalue weighted by atomic mass is 79.9. The quantitative estimate of drug-likeness (QED) is 0.154. The summed E-state index contributed by atoms with van der Waals surface area (Å²) in [4.78, 5) is 24.9. The Morgan fingerprint density at radius 2 is 1.78 bits per heavy atom. The van der Waals surface area contributed by atoms with Gasteiger partial charge in [-0.15, -0.1) is 0 Å². The van der Waals surface area contributed by atoms with Gasteiger partial charge in [-0.2, -0.15) is 0 Å². The van der Waals surface area contributed by atoms with E-state index in [0.29, 0.717) is 31.2 Å². The Kier molecular flexibility index (Phi) is 6.65. The van der Waals surface area contributed by atoms with Crippen molar-refractivity contribution in [2.75, 3.05) is 0 Å². The summed E-state index contributed by atoms with van der Waals surface area (Å²) >= 11 is 15.2. The normalized spacial score (nSPS) is 11.1. The van der Waals surface area contributed by atoms with Crippen molar-refractivity contribution in [3.05, 3.63) is 103 Å². The number of hydrogen-bond donors (Lipinski definition) is 0. The molecule has 0 unspecified atom stereocenters. The van der Waals surface area contributed by atoms with Crippen molar-refractivity contribution in [3.8, 4) is 17.2 Å². The van der Waals surface area contributed by atoms with Crippen molar-refractivity contribution < 1.29 is 18.7 Å². The van der Waals surface area contributed by atoms with Gasteiger partial charge < -0.3 is 13.9 Å². The maximum atomic E-state index is 12.7. The zero-order valence-electron chi connectivity index (χ0n) is 16.2. The number of halogens is 3. The fraction of sp³-hybridized carbons (Fsp3) is 0. The number of esters is 1. The minimum absolute atomic E-state index is 0.0405. The van der Waals surface area contributed by atoms with Crippen molar-refractivity contribution in [2.45, 2.75) is 0 Å². The van der Waals surface area contributed by atoms with Crippen LogP contribution in [0.2, 0.25) is 10.0 Å². The van der Waals surface area contributed by atoms with E-state index in [9.17, 15) is 9.59 Å². The van der Waals surface area contributed by atoms with E-state index in [4.69, 9.17) is 37.1 Å². The zero-order valence-corrected chi connectivity index (χ0v) is 19.3. The number of fused-ring (bicyclic) bond motifs is 1. The van der Waals surface area contributed by atoms with Crippen molar-refractivity contribution >= 4 is 62.1 Å². The molecule has 1 aromatic heterocycles. The first kappa shape index (κ1) is 22.1. The van der Waals surface area contributed by atoms with Crippen molar-refractivity contribution in [2.24, 2.45) is 0 Å². The van der Waals surface area contributed by atoms with Gasteiger partial charge in [0.15, 0.2) is 0 Å². The molecule has 0 amide bonds. The Bertz CT molecular complexity index is 1410. The van der Waals surface area contributed by atoms with Crippen LogP contribution in [-0.4, -0.2) is 5.97 Å². The summed E-state index contributed by atoms with van der Waals surface area (Å²) in [7, 11) is 0. The number of hydrogen-bond acceptors (Lipinski definition) is 5. The monoisotopic (exact) mass is 530 g/mol. The summed E-state index contributed by atoms with van der Waals surface area (Å²) in [5.41, 5.74) is 0.603. The van der Waals surface area contributed by atoms with Crippen LogP contribution in [0, 0.1) is 0 Å². The molecule has 0 aliphatic heterocycles. The molecule has 0 saturated carbocycles. The predicted octanol–water partition coefficient (Wildman–Crippen LogP) is 7.27. The molecule has 8 heteroatoms. The molecule has 4 rings (SSSR count). The van der Waals surface area contributed by atoms with Gasteiger partial charge in [0.2, 0.25) is 11.2 Å². The zero-order chi connectivity index (χ0) is 22.7. The van der Waals surface area contributed by atoms with Gasteiger partial charge in [0, 0.05) is 12.1 Å². The molecule has 0 aliphatic rings. The minimum Gasteiger partial charge on any atom is -0.460 e. The first-order valence-corrected chi connectivity index (χ1v) is 10.8. The summed E-state index contributed by atoms with van der Waals surface area (Å²) in [6.07, 6.45) is 4.03. The van der Waals surface area contributed by atoms with Crippen LogP contribution in [0.25, 0.3) is 17.0 Å². The average Bonchev–Trinajstić information content (AvgIpc) is 2.78. The standard InChI is InChI=1S/C24H13BrCl2O5/c25-17-3-1-2-4-20(17)32-22-13-30-21-12-15(7-8-16(21)24(22)29)31-23(28)10-6-14-5-9-18(26)19(27)11-14/h1-13H.